The number of piperazine rings is 1. The summed E-state index contributed by atoms with van der Waals surface area (Å²) in [6, 6.07) is 11.7. The van der Waals surface area contributed by atoms with Crippen LogP contribution in [-0.4, -0.2) is 52.9 Å². The van der Waals surface area contributed by atoms with Crippen molar-refractivity contribution < 1.29 is 4.79 Å². The summed E-state index contributed by atoms with van der Waals surface area (Å²) in [5.74, 6) is 0.969. The summed E-state index contributed by atoms with van der Waals surface area (Å²) in [5, 5.41) is 2.89. The third-order valence-corrected chi connectivity index (χ3v) is 5.69. The van der Waals surface area contributed by atoms with E-state index in [0.29, 0.717) is 18.8 Å². The van der Waals surface area contributed by atoms with E-state index in [1.165, 1.54) is 11.8 Å². The van der Waals surface area contributed by atoms with Crippen molar-refractivity contribution in [2.45, 2.75) is 25.9 Å². The SMILES string of the molecule is C=C1CN(c2ccc(N=O)cn2)CCN1[C@@H]1CCN(Cc2ccc(C)cc2)C1=O. The number of pyridine rings is 1. The highest BCUT2D eigenvalue weighted by Gasteiger charge is 2.38. The Labute approximate surface area is 170 Å². The molecule has 2 saturated heterocycles. The minimum absolute atomic E-state index is 0.135. The van der Waals surface area contributed by atoms with Crippen LogP contribution in [0, 0.1) is 11.8 Å². The van der Waals surface area contributed by atoms with Crippen LogP contribution >= 0.6 is 0 Å². The van der Waals surface area contributed by atoms with Crippen LogP contribution in [0.15, 0.2) is 60.0 Å². The lowest BCUT2D eigenvalue weighted by Gasteiger charge is -2.40. The van der Waals surface area contributed by atoms with Gasteiger partial charge in [0, 0.05) is 31.9 Å². The molecular weight excluding hydrogens is 366 g/mol. The Balaban J connectivity index is 1.38. The number of likely N-dealkylation sites (tertiary alicyclic amines) is 1. The fourth-order valence-electron chi connectivity index (χ4n) is 4.05. The number of aromatic nitrogens is 1. The Bertz CT molecular complexity index is 910. The molecule has 1 atom stereocenters. The number of hydrogen-bond acceptors (Lipinski definition) is 6. The molecule has 4 rings (SSSR count). The molecule has 0 N–H and O–H groups in total. The maximum Gasteiger partial charge on any atom is 0.245 e. The van der Waals surface area contributed by atoms with E-state index in [1.54, 1.807) is 12.1 Å². The standard InChI is InChI=1S/C22H25N5O2/c1-16-3-5-18(6-4-16)15-26-10-9-20(22(26)28)27-12-11-25(14-17(27)2)21-8-7-19(24-29)13-23-21/h3-8,13,20H,2,9-12,14-15H2,1H3/t20-/m1/s1. The van der Waals surface area contributed by atoms with Crippen LogP contribution < -0.4 is 4.90 Å². The second kappa shape index (κ2) is 8.03. The quantitative estimate of drug-likeness (QED) is 0.732. The van der Waals surface area contributed by atoms with Crippen LogP contribution in [0.4, 0.5) is 11.5 Å². The van der Waals surface area contributed by atoms with Crippen molar-refractivity contribution in [3.05, 3.63) is 70.9 Å². The van der Waals surface area contributed by atoms with E-state index in [9.17, 15) is 9.70 Å². The van der Waals surface area contributed by atoms with Gasteiger partial charge in [0.25, 0.3) is 0 Å². The van der Waals surface area contributed by atoms with E-state index in [4.69, 9.17) is 0 Å². The van der Waals surface area contributed by atoms with E-state index in [2.05, 4.69) is 57.7 Å². The van der Waals surface area contributed by atoms with Gasteiger partial charge in [0.05, 0.1) is 12.7 Å². The molecule has 0 radical (unpaired) electrons. The van der Waals surface area contributed by atoms with E-state index in [1.807, 2.05) is 4.90 Å². The van der Waals surface area contributed by atoms with Gasteiger partial charge in [0.2, 0.25) is 5.91 Å². The van der Waals surface area contributed by atoms with Gasteiger partial charge >= 0.3 is 0 Å². The fourth-order valence-corrected chi connectivity index (χ4v) is 4.05. The zero-order valence-electron chi connectivity index (χ0n) is 16.6. The first-order chi connectivity index (χ1) is 14.0. The number of benzene rings is 1. The number of hydrogen-bond donors (Lipinski definition) is 0. The molecule has 1 amide bonds. The van der Waals surface area contributed by atoms with E-state index in [0.717, 1.165) is 43.1 Å². The van der Waals surface area contributed by atoms with Gasteiger partial charge in [-0.1, -0.05) is 36.4 Å². The van der Waals surface area contributed by atoms with E-state index in [-0.39, 0.29) is 11.9 Å². The first-order valence-corrected chi connectivity index (χ1v) is 9.88. The van der Waals surface area contributed by atoms with Gasteiger partial charge in [-0.25, -0.2) is 4.98 Å². The molecule has 0 saturated carbocycles. The zero-order valence-corrected chi connectivity index (χ0v) is 16.6. The summed E-state index contributed by atoms with van der Waals surface area (Å²) >= 11 is 0. The molecule has 3 heterocycles. The topological polar surface area (TPSA) is 69.1 Å². The van der Waals surface area contributed by atoms with E-state index >= 15 is 0 Å². The molecule has 7 nitrogen and oxygen atoms in total. The molecule has 2 aliphatic heterocycles. The molecule has 2 aromatic rings. The number of nitrogens with zero attached hydrogens (tertiary/aromatic N) is 5. The maximum absolute atomic E-state index is 13.0. The predicted molar refractivity (Wildman–Crippen MR) is 113 cm³/mol. The van der Waals surface area contributed by atoms with Gasteiger partial charge in [0.1, 0.15) is 17.5 Å². The molecule has 2 aliphatic rings. The van der Waals surface area contributed by atoms with Gasteiger partial charge in [0.15, 0.2) is 0 Å². The molecule has 7 heteroatoms. The largest absolute Gasteiger partial charge is 0.360 e. The molecule has 29 heavy (non-hydrogen) atoms. The number of carbonyl (C=O) groups excluding carboxylic acids is 1. The maximum atomic E-state index is 13.0. The Hall–Kier alpha value is -3.22. The van der Waals surface area contributed by atoms with Crippen molar-refractivity contribution in [3.8, 4) is 0 Å². The molecule has 1 aromatic carbocycles. The number of carbonyl (C=O) groups is 1. The van der Waals surface area contributed by atoms with Crippen molar-refractivity contribution in [2.75, 3.05) is 31.1 Å². The summed E-state index contributed by atoms with van der Waals surface area (Å²) in [4.78, 5) is 34.1. The summed E-state index contributed by atoms with van der Waals surface area (Å²) in [6.45, 7) is 9.80. The zero-order chi connectivity index (χ0) is 20.4. The number of nitroso groups, excluding NO2 is 1. The average Bonchev–Trinajstić information content (AvgIpc) is 3.09. The van der Waals surface area contributed by atoms with Gasteiger partial charge < -0.3 is 14.7 Å². The third-order valence-electron chi connectivity index (χ3n) is 5.69. The highest BCUT2D eigenvalue weighted by molar-refractivity contribution is 5.84. The van der Waals surface area contributed by atoms with Crippen molar-refractivity contribution in [3.63, 3.8) is 0 Å². The van der Waals surface area contributed by atoms with Crippen LogP contribution in [-0.2, 0) is 11.3 Å². The number of anilines is 1. The predicted octanol–water partition coefficient (Wildman–Crippen LogP) is 3.22. The molecule has 0 unspecified atom stereocenters. The second-order valence-corrected chi connectivity index (χ2v) is 7.70. The smallest absolute Gasteiger partial charge is 0.245 e. The lowest BCUT2D eigenvalue weighted by Crippen LogP contribution is -2.51. The molecule has 0 spiro atoms. The Morgan fingerprint density at radius 2 is 1.93 bits per heavy atom. The summed E-state index contributed by atoms with van der Waals surface area (Å²) in [6.07, 6.45) is 2.29. The van der Waals surface area contributed by atoms with Gasteiger partial charge in [-0.05, 0) is 36.2 Å². The van der Waals surface area contributed by atoms with Gasteiger partial charge in [-0.15, -0.1) is 4.91 Å². The van der Waals surface area contributed by atoms with Gasteiger partial charge in [-0.3, -0.25) is 4.79 Å². The fraction of sp³-hybridized carbons (Fsp3) is 0.364. The van der Waals surface area contributed by atoms with Crippen molar-refractivity contribution in [2.24, 2.45) is 5.18 Å². The van der Waals surface area contributed by atoms with Crippen molar-refractivity contribution in [1.29, 1.82) is 0 Å². The number of amides is 1. The molecule has 150 valence electrons. The summed E-state index contributed by atoms with van der Waals surface area (Å²) < 4.78 is 0. The minimum Gasteiger partial charge on any atom is -0.360 e. The normalized spacial score (nSPS) is 19.8. The highest BCUT2D eigenvalue weighted by Crippen LogP contribution is 2.27. The monoisotopic (exact) mass is 391 g/mol. The van der Waals surface area contributed by atoms with Crippen LogP contribution in [0.25, 0.3) is 0 Å². The number of aryl methyl sites for hydroxylation is 1. The first kappa shape index (κ1) is 19.1. The minimum atomic E-state index is -0.135. The van der Waals surface area contributed by atoms with Crippen LogP contribution in [0.1, 0.15) is 17.5 Å². The lowest BCUT2D eigenvalue weighted by atomic mass is 10.1. The first-order valence-electron chi connectivity index (χ1n) is 9.88. The summed E-state index contributed by atoms with van der Waals surface area (Å²) in [5.41, 5.74) is 3.62. The highest BCUT2D eigenvalue weighted by atomic mass is 16.3. The van der Waals surface area contributed by atoms with Crippen LogP contribution in [0.2, 0.25) is 0 Å². The van der Waals surface area contributed by atoms with E-state index < -0.39 is 0 Å². The number of rotatable bonds is 5. The second-order valence-electron chi connectivity index (χ2n) is 7.70. The Morgan fingerprint density at radius 1 is 1.14 bits per heavy atom. The summed E-state index contributed by atoms with van der Waals surface area (Å²) in [7, 11) is 0. The third kappa shape index (κ3) is 3.99. The van der Waals surface area contributed by atoms with Crippen molar-refractivity contribution >= 4 is 17.4 Å². The molecule has 1 aromatic heterocycles. The van der Waals surface area contributed by atoms with Crippen LogP contribution in [0.5, 0.6) is 0 Å². The van der Waals surface area contributed by atoms with Crippen LogP contribution in [0.3, 0.4) is 0 Å². The average molecular weight is 391 g/mol. The Morgan fingerprint density at radius 3 is 2.59 bits per heavy atom. The Kier molecular flexibility index (Phi) is 5.29. The van der Waals surface area contributed by atoms with Crippen molar-refractivity contribution in [1.82, 2.24) is 14.8 Å². The molecule has 0 bridgehead atoms. The molecule has 0 aliphatic carbocycles. The molecule has 2 fully saturated rings. The van der Waals surface area contributed by atoms with Gasteiger partial charge in [-0.2, -0.15) is 0 Å². The lowest BCUT2D eigenvalue weighted by molar-refractivity contribution is -0.132. The molecular formula is C22H25N5O2.